The summed E-state index contributed by atoms with van der Waals surface area (Å²) in [5.41, 5.74) is 1.98. The van der Waals surface area contributed by atoms with Crippen molar-refractivity contribution < 1.29 is 9.18 Å². The molecule has 1 fully saturated rings. The first-order valence-electron chi connectivity index (χ1n) is 8.36. The highest BCUT2D eigenvalue weighted by Gasteiger charge is 2.20. The number of benzene rings is 2. The van der Waals surface area contributed by atoms with Gasteiger partial charge < -0.3 is 15.1 Å². The zero-order valence-corrected chi connectivity index (χ0v) is 14.7. The molecule has 0 aliphatic carbocycles. The molecule has 2 aromatic rings. The summed E-state index contributed by atoms with van der Waals surface area (Å²) in [4.78, 5) is 16.4. The number of hydrogen-bond donors (Lipinski definition) is 1. The van der Waals surface area contributed by atoms with Crippen molar-refractivity contribution in [3.63, 3.8) is 0 Å². The Morgan fingerprint density at radius 3 is 2.40 bits per heavy atom. The van der Waals surface area contributed by atoms with Crippen LogP contribution in [0.15, 0.2) is 48.5 Å². The van der Waals surface area contributed by atoms with E-state index in [0.29, 0.717) is 31.2 Å². The Morgan fingerprint density at radius 2 is 1.72 bits per heavy atom. The summed E-state index contributed by atoms with van der Waals surface area (Å²) in [5, 5.41) is 3.86. The van der Waals surface area contributed by atoms with Gasteiger partial charge in [0.2, 0.25) is 5.91 Å². The molecule has 1 N–H and O–H groups in total. The second-order valence-corrected chi connectivity index (χ2v) is 6.45. The van der Waals surface area contributed by atoms with Crippen molar-refractivity contribution in [1.82, 2.24) is 10.2 Å². The minimum Gasteiger partial charge on any atom is -0.368 e. The second-order valence-electron chi connectivity index (χ2n) is 6.04. The van der Waals surface area contributed by atoms with E-state index in [2.05, 4.69) is 10.2 Å². The van der Waals surface area contributed by atoms with Gasteiger partial charge in [-0.15, -0.1) is 0 Å². The highest BCUT2D eigenvalue weighted by atomic mass is 35.5. The van der Waals surface area contributed by atoms with Gasteiger partial charge in [0.25, 0.3) is 0 Å². The van der Waals surface area contributed by atoms with E-state index in [-0.39, 0.29) is 11.7 Å². The van der Waals surface area contributed by atoms with Crippen LogP contribution in [0, 0.1) is 5.82 Å². The number of piperazine rings is 1. The Hall–Kier alpha value is -2.11. The summed E-state index contributed by atoms with van der Waals surface area (Å²) < 4.78 is 13.0. The van der Waals surface area contributed by atoms with Crippen LogP contribution in [0.1, 0.15) is 5.56 Å². The maximum atomic E-state index is 13.0. The number of carbonyl (C=O) groups excluding carboxylic acids is 1. The van der Waals surface area contributed by atoms with Crippen molar-refractivity contribution in [2.45, 2.75) is 6.54 Å². The summed E-state index contributed by atoms with van der Waals surface area (Å²) in [5.74, 6) is -0.145. The van der Waals surface area contributed by atoms with Crippen molar-refractivity contribution in [1.29, 1.82) is 0 Å². The minimum absolute atomic E-state index is 0.0887. The smallest absolute Gasteiger partial charge is 0.236 e. The zero-order valence-electron chi connectivity index (χ0n) is 13.9. The standard InChI is InChI=1S/C19H21ClFN3O/c20-18-4-2-1-3-15(18)13-22-14-19(25)24-11-9-23(10-12-24)17-7-5-16(21)6-8-17/h1-8,22H,9-14H2. The summed E-state index contributed by atoms with van der Waals surface area (Å²) >= 11 is 6.11. The fourth-order valence-corrected chi connectivity index (χ4v) is 3.13. The molecule has 0 bridgehead atoms. The van der Waals surface area contributed by atoms with Crippen molar-refractivity contribution in [2.75, 3.05) is 37.6 Å². The largest absolute Gasteiger partial charge is 0.368 e. The van der Waals surface area contributed by atoms with E-state index in [1.807, 2.05) is 29.2 Å². The lowest BCUT2D eigenvalue weighted by Gasteiger charge is -2.36. The van der Waals surface area contributed by atoms with Crippen LogP contribution in [0.25, 0.3) is 0 Å². The summed E-state index contributed by atoms with van der Waals surface area (Å²) in [7, 11) is 0. The molecule has 1 heterocycles. The van der Waals surface area contributed by atoms with Gasteiger partial charge in [-0.2, -0.15) is 0 Å². The van der Waals surface area contributed by atoms with Gasteiger partial charge in [0.05, 0.1) is 6.54 Å². The Morgan fingerprint density at radius 1 is 1.04 bits per heavy atom. The van der Waals surface area contributed by atoms with E-state index in [4.69, 9.17) is 11.6 Å². The normalized spacial score (nSPS) is 14.6. The van der Waals surface area contributed by atoms with Crippen LogP contribution in [0.4, 0.5) is 10.1 Å². The molecule has 0 atom stereocenters. The average molecular weight is 362 g/mol. The fourth-order valence-electron chi connectivity index (χ4n) is 2.92. The van der Waals surface area contributed by atoms with Crippen molar-refractivity contribution in [3.8, 4) is 0 Å². The molecule has 0 radical (unpaired) electrons. The number of hydrogen-bond acceptors (Lipinski definition) is 3. The van der Waals surface area contributed by atoms with Crippen LogP contribution < -0.4 is 10.2 Å². The topological polar surface area (TPSA) is 35.6 Å². The van der Waals surface area contributed by atoms with Crippen LogP contribution in [-0.4, -0.2) is 43.5 Å². The maximum Gasteiger partial charge on any atom is 0.236 e. The van der Waals surface area contributed by atoms with Crippen LogP contribution in [0.3, 0.4) is 0 Å². The molecule has 0 spiro atoms. The molecule has 1 saturated heterocycles. The maximum absolute atomic E-state index is 13.0. The third kappa shape index (κ3) is 4.71. The van der Waals surface area contributed by atoms with E-state index in [1.54, 1.807) is 12.1 Å². The molecule has 0 aromatic heterocycles. The molecule has 0 saturated carbocycles. The van der Waals surface area contributed by atoms with Crippen molar-refractivity contribution in [2.24, 2.45) is 0 Å². The molecule has 1 aliphatic heterocycles. The lowest BCUT2D eigenvalue weighted by molar-refractivity contribution is -0.130. The predicted octanol–water partition coefficient (Wildman–Crippen LogP) is 2.92. The number of amides is 1. The quantitative estimate of drug-likeness (QED) is 0.889. The molecule has 2 aromatic carbocycles. The Kier molecular flexibility index (Phi) is 5.89. The summed E-state index contributed by atoms with van der Waals surface area (Å²) in [6.07, 6.45) is 0. The number of anilines is 1. The Balaban J connectivity index is 1.44. The Bertz CT molecular complexity index is 715. The third-order valence-corrected chi connectivity index (χ3v) is 4.74. The molecular formula is C19H21ClFN3O. The highest BCUT2D eigenvalue weighted by molar-refractivity contribution is 6.31. The SMILES string of the molecule is O=C(CNCc1ccccc1Cl)N1CCN(c2ccc(F)cc2)CC1. The van der Waals surface area contributed by atoms with Gasteiger partial charge in [0.1, 0.15) is 5.82 Å². The van der Waals surface area contributed by atoms with E-state index >= 15 is 0 Å². The minimum atomic E-state index is -0.234. The van der Waals surface area contributed by atoms with E-state index in [0.717, 1.165) is 24.3 Å². The van der Waals surface area contributed by atoms with Crippen molar-refractivity contribution >= 4 is 23.2 Å². The highest BCUT2D eigenvalue weighted by Crippen LogP contribution is 2.17. The van der Waals surface area contributed by atoms with Gasteiger partial charge in [-0.05, 0) is 35.9 Å². The first-order valence-corrected chi connectivity index (χ1v) is 8.74. The molecule has 1 aliphatic rings. The van der Waals surface area contributed by atoms with Crippen LogP contribution in [0.5, 0.6) is 0 Å². The molecule has 3 rings (SSSR count). The lowest BCUT2D eigenvalue weighted by atomic mass is 10.2. The molecule has 25 heavy (non-hydrogen) atoms. The molecule has 4 nitrogen and oxygen atoms in total. The number of rotatable bonds is 5. The van der Waals surface area contributed by atoms with Gasteiger partial charge >= 0.3 is 0 Å². The van der Waals surface area contributed by atoms with Gasteiger partial charge in [-0.25, -0.2) is 4.39 Å². The first-order chi connectivity index (χ1) is 12.1. The molecule has 6 heteroatoms. The molecule has 132 valence electrons. The van der Waals surface area contributed by atoms with Gasteiger partial charge in [-0.1, -0.05) is 29.8 Å². The molecular weight excluding hydrogens is 341 g/mol. The van der Waals surface area contributed by atoms with E-state index in [9.17, 15) is 9.18 Å². The molecule has 1 amide bonds. The van der Waals surface area contributed by atoms with Crippen LogP contribution >= 0.6 is 11.6 Å². The van der Waals surface area contributed by atoms with Gasteiger partial charge in [-0.3, -0.25) is 4.79 Å². The van der Waals surface area contributed by atoms with Gasteiger partial charge in [0, 0.05) is 43.4 Å². The average Bonchev–Trinajstić information content (AvgIpc) is 2.64. The number of halogens is 2. The number of nitrogens with one attached hydrogen (secondary N) is 1. The number of carbonyl (C=O) groups is 1. The van der Waals surface area contributed by atoms with Crippen molar-refractivity contribution in [3.05, 3.63) is 64.9 Å². The predicted molar refractivity (Wildman–Crippen MR) is 98.4 cm³/mol. The Labute approximate surface area is 152 Å². The first kappa shape index (κ1) is 17.7. The fraction of sp³-hybridized carbons (Fsp3) is 0.316. The summed E-state index contributed by atoms with van der Waals surface area (Å²) in [6.45, 7) is 3.71. The van der Waals surface area contributed by atoms with E-state index < -0.39 is 0 Å². The van der Waals surface area contributed by atoms with Gasteiger partial charge in [0.15, 0.2) is 0 Å². The third-order valence-electron chi connectivity index (χ3n) is 4.37. The molecule has 0 unspecified atom stereocenters. The lowest BCUT2D eigenvalue weighted by Crippen LogP contribution is -2.50. The second kappa shape index (κ2) is 8.32. The van der Waals surface area contributed by atoms with Crippen LogP contribution in [-0.2, 0) is 11.3 Å². The van der Waals surface area contributed by atoms with Crippen LogP contribution in [0.2, 0.25) is 5.02 Å². The monoisotopic (exact) mass is 361 g/mol. The number of nitrogens with zero attached hydrogens (tertiary/aromatic N) is 2. The summed E-state index contributed by atoms with van der Waals surface area (Å²) in [6, 6.07) is 14.1. The zero-order chi connectivity index (χ0) is 17.6. The van der Waals surface area contributed by atoms with E-state index in [1.165, 1.54) is 12.1 Å².